The Hall–Kier alpha value is -1.92. The molecule has 0 saturated carbocycles. The van der Waals surface area contributed by atoms with E-state index in [0.29, 0.717) is 12.0 Å². The van der Waals surface area contributed by atoms with Crippen molar-refractivity contribution in [1.29, 1.82) is 0 Å². The minimum absolute atomic E-state index is 0.0920. The molecule has 2 bridgehead atoms. The minimum atomic E-state index is -1.65. The van der Waals surface area contributed by atoms with E-state index in [2.05, 4.69) is 6.58 Å². The third-order valence-electron chi connectivity index (χ3n) is 5.76. The molecule has 1 aliphatic carbocycles. The van der Waals surface area contributed by atoms with Crippen LogP contribution in [-0.2, 0) is 19.1 Å². The molecule has 0 radical (unpaired) electrons. The van der Waals surface area contributed by atoms with Crippen molar-refractivity contribution in [2.24, 2.45) is 11.8 Å². The maximum Gasteiger partial charge on any atom is 0.339 e. The molecule has 0 aromatic heterocycles. The molecule has 26 heavy (non-hydrogen) atoms. The van der Waals surface area contributed by atoms with Gasteiger partial charge >= 0.3 is 11.9 Å². The van der Waals surface area contributed by atoms with E-state index >= 15 is 0 Å². The van der Waals surface area contributed by atoms with Crippen molar-refractivity contribution in [3.63, 3.8) is 0 Å². The summed E-state index contributed by atoms with van der Waals surface area (Å²) in [6.45, 7) is 9.10. The zero-order chi connectivity index (χ0) is 19.2. The van der Waals surface area contributed by atoms with Crippen molar-refractivity contribution in [2.75, 3.05) is 0 Å². The summed E-state index contributed by atoms with van der Waals surface area (Å²) in [4.78, 5) is 24.6. The van der Waals surface area contributed by atoms with Gasteiger partial charge in [-0.05, 0) is 30.9 Å². The van der Waals surface area contributed by atoms with E-state index in [0.717, 1.165) is 5.57 Å². The largest absolute Gasteiger partial charge is 0.455 e. The SMILES string of the molecule is C=C1C(=O)O[C@@H]2/C=C(/C)[C@@H]3C/C=C(/C[C@@H](O)[C@@H]12)C[C@@](O)(C(C)C)C(=O)O3. The molecule has 1 fully saturated rings. The monoisotopic (exact) mass is 362 g/mol. The third kappa shape index (κ3) is 3.12. The number of esters is 2. The van der Waals surface area contributed by atoms with E-state index in [1.54, 1.807) is 26.8 Å². The van der Waals surface area contributed by atoms with Gasteiger partial charge in [-0.15, -0.1) is 0 Å². The van der Waals surface area contributed by atoms with Crippen LogP contribution < -0.4 is 0 Å². The van der Waals surface area contributed by atoms with Gasteiger partial charge in [0.15, 0.2) is 5.60 Å². The fourth-order valence-corrected chi connectivity index (χ4v) is 3.88. The van der Waals surface area contributed by atoms with E-state index in [9.17, 15) is 19.8 Å². The fraction of sp³-hybridized carbons (Fsp3) is 0.600. The highest BCUT2D eigenvalue weighted by Crippen LogP contribution is 2.39. The second kappa shape index (κ2) is 6.67. The first-order valence-electron chi connectivity index (χ1n) is 9.01. The highest BCUT2D eigenvalue weighted by atomic mass is 16.6. The average Bonchev–Trinajstić information content (AvgIpc) is 2.82. The number of carbonyl (C=O) groups excluding carboxylic acids is 2. The first-order chi connectivity index (χ1) is 12.1. The van der Waals surface area contributed by atoms with Gasteiger partial charge in [0.05, 0.1) is 12.0 Å². The van der Waals surface area contributed by atoms with Gasteiger partial charge in [-0.2, -0.15) is 0 Å². The highest BCUT2D eigenvalue weighted by molar-refractivity contribution is 5.91. The molecule has 0 aromatic carbocycles. The lowest BCUT2D eigenvalue weighted by atomic mass is 9.78. The topological polar surface area (TPSA) is 93.1 Å². The number of carbonyl (C=O) groups is 2. The number of rotatable bonds is 1. The Morgan fingerprint density at radius 1 is 1.31 bits per heavy atom. The summed E-state index contributed by atoms with van der Waals surface area (Å²) in [5, 5.41) is 21.7. The van der Waals surface area contributed by atoms with Crippen LogP contribution in [0.5, 0.6) is 0 Å². The Labute approximate surface area is 153 Å². The molecule has 1 saturated heterocycles. The van der Waals surface area contributed by atoms with Crippen molar-refractivity contribution in [2.45, 2.75) is 63.9 Å². The number of hydrogen-bond acceptors (Lipinski definition) is 6. The number of ether oxygens (including phenoxy) is 2. The fourth-order valence-electron chi connectivity index (χ4n) is 3.88. The summed E-state index contributed by atoms with van der Waals surface area (Å²) in [5.74, 6) is -2.08. The van der Waals surface area contributed by atoms with Crippen LogP contribution in [0.4, 0.5) is 0 Å². The lowest BCUT2D eigenvalue weighted by Gasteiger charge is -2.36. The molecule has 0 spiro atoms. The quantitative estimate of drug-likeness (QED) is 0.420. The molecule has 0 aromatic rings. The van der Waals surface area contributed by atoms with E-state index in [1.807, 2.05) is 6.08 Å². The van der Waals surface area contributed by atoms with Gasteiger partial charge in [-0.25, -0.2) is 9.59 Å². The van der Waals surface area contributed by atoms with Crippen LogP contribution in [0.3, 0.4) is 0 Å². The molecule has 6 heteroatoms. The highest BCUT2D eigenvalue weighted by Gasteiger charge is 2.47. The average molecular weight is 362 g/mol. The van der Waals surface area contributed by atoms with Crippen molar-refractivity contribution in [1.82, 2.24) is 0 Å². The molecule has 3 aliphatic rings. The van der Waals surface area contributed by atoms with Crippen LogP contribution in [0.15, 0.2) is 35.5 Å². The van der Waals surface area contributed by atoms with E-state index in [4.69, 9.17) is 9.47 Å². The zero-order valence-electron chi connectivity index (χ0n) is 15.4. The van der Waals surface area contributed by atoms with E-state index in [-0.39, 0.29) is 24.3 Å². The van der Waals surface area contributed by atoms with Crippen LogP contribution in [0.2, 0.25) is 0 Å². The first kappa shape index (κ1) is 18.9. The normalized spacial score (nSPS) is 42.0. The molecule has 5 atom stereocenters. The van der Waals surface area contributed by atoms with E-state index < -0.39 is 41.8 Å². The molecule has 2 N–H and O–H groups in total. The maximum absolute atomic E-state index is 12.7. The van der Waals surface area contributed by atoms with Gasteiger partial charge < -0.3 is 19.7 Å². The third-order valence-corrected chi connectivity index (χ3v) is 5.76. The predicted octanol–water partition coefficient (Wildman–Crippen LogP) is 1.81. The smallest absolute Gasteiger partial charge is 0.339 e. The summed E-state index contributed by atoms with van der Waals surface area (Å²) < 4.78 is 11.0. The van der Waals surface area contributed by atoms with Gasteiger partial charge in [0.1, 0.15) is 12.2 Å². The van der Waals surface area contributed by atoms with Crippen LogP contribution in [0.1, 0.15) is 40.0 Å². The van der Waals surface area contributed by atoms with Gasteiger partial charge in [0, 0.05) is 18.4 Å². The summed E-state index contributed by atoms with van der Waals surface area (Å²) in [7, 11) is 0. The Bertz CT molecular complexity index is 703. The lowest BCUT2D eigenvalue weighted by molar-refractivity contribution is -0.175. The van der Waals surface area contributed by atoms with E-state index in [1.165, 1.54) is 0 Å². The number of aliphatic hydroxyl groups excluding tert-OH is 1. The summed E-state index contributed by atoms with van der Waals surface area (Å²) in [5.41, 5.74) is 0.0861. The van der Waals surface area contributed by atoms with Crippen LogP contribution >= 0.6 is 0 Å². The first-order valence-corrected chi connectivity index (χ1v) is 9.01. The van der Waals surface area contributed by atoms with Gasteiger partial charge in [-0.1, -0.05) is 32.1 Å². The molecule has 6 nitrogen and oxygen atoms in total. The number of fused-ring (bicyclic) bond motifs is 3. The summed E-state index contributed by atoms with van der Waals surface area (Å²) in [6.07, 6.45) is 2.35. The van der Waals surface area contributed by atoms with Crippen molar-refractivity contribution < 1.29 is 29.3 Å². The Balaban J connectivity index is 2.06. The van der Waals surface area contributed by atoms with Gasteiger partial charge in [0.25, 0.3) is 0 Å². The Kier molecular flexibility index (Phi) is 4.84. The van der Waals surface area contributed by atoms with Crippen molar-refractivity contribution >= 4 is 11.9 Å². The van der Waals surface area contributed by atoms with Crippen molar-refractivity contribution in [3.05, 3.63) is 35.5 Å². The standard InChI is InChI=1S/C20H26O6/c1-10(2)20(24)9-13-5-6-15(26-19(20)23)11(3)7-16-17(14(21)8-13)12(4)18(22)25-16/h5,7,10,14-17,21,24H,4,6,8-9H2,1-3H3/b11-7-,13-5-/t14-,15+,16-,17-,20-/m1/s1. The van der Waals surface area contributed by atoms with Crippen LogP contribution in [-0.4, -0.2) is 46.1 Å². The zero-order valence-corrected chi connectivity index (χ0v) is 15.4. The summed E-state index contributed by atoms with van der Waals surface area (Å²) >= 11 is 0. The maximum atomic E-state index is 12.7. The number of aliphatic hydroxyl groups is 2. The second-order valence-corrected chi connectivity index (χ2v) is 7.85. The minimum Gasteiger partial charge on any atom is -0.455 e. The molecular weight excluding hydrogens is 336 g/mol. The van der Waals surface area contributed by atoms with Gasteiger partial charge in [-0.3, -0.25) is 0 Å². The molecule has 2 aliphatic heterocycles. The predicted molar refractivity (Wildman–Crippen MR) is 93.9 cm³/mol. The van der Waals surface area contributed by atoms with Gasteiger partial charge in [0.2, 0.25) is 0 Å². The van der Waals surface area contributed by atoms with Crippen molar-refractivity contribution in [3.8, 4) is 0 Å². The molecule has 0 unspecified atom stereocenters. The lowest BCUT2D eigenvalue weighted by Crippen LogP contribution is -2.48. The molecule has 2 heterocycles. The summed E-state index contributed by atoms with van der Waals surface area (Å²) in [6, 6.07) is 0. The molecule has 0 amide bonds. The molecule has 3 rings (SSSR count). The molecular formula is C20H26O6. The number of hydrogen-bond donors (Lipinski definition) is 2. The van der Waals surface area contributed by atoms with Crippen LogP contribution in [0.25, 0.3) is 0 Å². The second-order valence-electron chi connectivity index (χ2n) is 7.85. The molecule has 142 valence electrons. The Morgan fingerprint density at radius 3 is 2.65 bits per heavy atom. The Morgan fingerprint density at radius 2 is 2.00 bits per heavy atom. The van der Waals surface area contributed by atoms with Crippen LogP contribution in [0, 0.1) is 11.8 Å².